The molecule has 1 fully saturated rings. The molecule has 0 saturated carbocycles. The summed E-state index contributed by atoms with van der Waals surface area (Å²) in [5.41, 5.74) is 0.155. The third-order valence-electron chi connectivity index (χ3n) is 4.00. The first-order chi connectivity index (χ1) is 9.64. The van der Waals surface area contributed by atoms with Crippen LogP contribution in [0.1, 0.15) is 19.3 Å². The van der Waals surface area contributed by atoms with Crippen molar-refractivity contribution >= 4 is 5.96 Å². The minimum Gasteiger partial charge on any atom is -0.385 e. The Morgan fingerprint density at radius 1 is 1.30 bits per heavy atom. The van der Waals surface area contributed by atoms with Gasteiger partial charge in [-0.25, -0.2) is 0 Å². The van der Waals surface area contributed by atoms with E-state index in [0.717, 1.165) is 58.1 Å². The summed E-state index contributed by atoms with van der Waals surface area (Å²) in [6, 6.07) is 0. The van der Waals surface area contributed by atoms with E-state index in [0.29, 0.717) is 0 Å². The summed E-state index contributed by atoms with van der Waals surface area (Å²) in [4.78, 5) is 6.57. The zero-order valence-corrected chi connectivity index (χ0v) is 13.4. The zero-order chi connectivity index (χ0) is 14.8. The van der Waals surface area contributed by atoms with E-state index in [2.05, 4.69) is 34.6 Å². The van der Waals surface area contributed by atoms with Crippen molar-refractivity contribution in [3.8, 4) is 0 Å². The first kappa shape index (κ1) is 17.2. The van der Waals surface area contributed by atoms with E-state index in [9.17, 15) is 0 Å². The highest BCUT2D eigenvalue weighted by Gasteiger charge is 2.34. The average molecular weight is 286 g/mol. The van der Waals surface area contributed by atoms with E-state index in [1.807, 2.05) is 0 Å². The molecule has 0 unspecified atom stereocenters. The van der Waals surface area contributed by atoms with E-state index in [1.165, 1.54) is 0 Å². The fourth-order valence-corrected chi connectivity index (χ4v) is 2.43. The van der Waals surface area contributed by atoms with Gasteiger partial charge in [0.05, 0.1) is 0 Å². The highest BCUT2D eigenvalue weighted by molar-refractivity contribution is 5.79. The van der Waals surface area contributed by atoms with Crippen molar-refractivity contribution in [3.05, 3.63) is 0 Å². The highest BCUT2D eigenvalue weighted by Crippen LogP contribution is 2.24. The molecule has 20 heavy (non-hydrogen) atoms. The largest absolute Gasteiger partial charge is 0.385 e. The van der Waals surface area contributed by atoms with Crippen molar-refractivity contribution in [2.24, 2.45) is 4.99 Å². The molecular weight excluding hydrogens is 256 g/mol. The molecule has 1 aliphatic heterocycles. The molecule has 0 aromatic rings. The van der Waals surface area contributed by atoms with Crippen LogP contribution in [0, 0.1) is 0 Å². The second-order valence-electron chi connectivity index (χ2n) is 5.43. The van der Waals surface area contributed by atoms with Crippen LogP contribution in [0.4, 0.5) is 0 Å². The molecule has 0 aliphatic carbocycles. The van der Waals surface area contributed by atoms with Gasteiger partial charge in [0.25, 0.3) is 0 Å². The SMILES string of the molecule is CN=C(NCCCOC)NCC1(N(C)C)CCOCC1. The Morgan fingerprint density at radius 3 is 2.55 bits per heavy atom. The molecule has 0 radical (unpaired) electrons. The number of likely N-dealkylation sites (N-methyl/N-ethyl adjacent to an activating group) is 1. The summed E-state index contributed by atoms with van der Waals surface area (Å²) in [5.74, 6) is 0.855. The topological polar surface area (TPSA) is 58.1 Å². The van der Waals surface area contributed by atoms with Crippen LogP contribution < -0.4 is 10.6 Å². The van der Waals surface area contributed by atoms with Crippen LogP contribution in [0.25, 0.3) is 0 Å². The Labute approximate surface area is 122 Å². The number of ether oxygens (including phenoxy) is 2. The molecule has 1 rings (SSSR count). The number of hydrogen-bond acceptors (Lipinski definition) is 4. The fraction of sp³-hybridized carbons (Fsp3) is 0.929. The molecule has 0 spiro atoms. The Morgan fingerprint density at radius 2 is 2.00 bits per heavy atom. The van der Waals surface area contributed by atoms with Crippen LogP contribution in [0.3, 0.4) is 0 Å². The Kier molecular flexibility index (Phi) is 7.87. The van der Waals surface area contributed by atoms with Crippen molar-refractivity contribution in [1.82, 2.24) is 15.5 Å². The summed E-state index contributed by atoms with van der Waals surface area (Å²) in [6.45, 7) is 4.18. The lowest BCUT2D eigenvalue weighted by molar-refractivity contribution is -0.00501. The lowest BCUT2D eigenvalue weighted by Gasteiger charge is -2.43. The van der Waals surface area contributed by atoms with Crippen molar-refractivity contribution in [2.45, 2.75) is 24.8 Å². The summed E-state index contributed by atoms with van der Waals surface area (Å²) >= 11 is 0. The van der Waals surface area contributed by atoms with Crippen LogP contribution in [0.2, 0.25) is 0 Å². The first-order valence-electron chi connectivity index (χ1n) is 7.33. The van der Waals surface area contributed by atoms with Crippen LogP contribution in [0.15, 0.2) is 4.99 Å². The number of aliphatic imine (C=N–C) groups is 1. The van der Waals surface area contributed by atoms with Crippen molar-refractivity contribution in [1.29, 1.82) is 0 Å². The molecule has 6 nitrogen and oxygen atoms in total. The molecule has 0 bridgehead atoms. The maximum atomic E-state index is 5.49. The van der Waals surface area contributed by atoms with Gasteiger partial charge in [-0.1, -0.05) is 0 Å². The number of nitrogens with one attached hydrogen (secondary N) is 2. The Balaban J connectivity index is 2.40. The molecule has 118 valence electrons. The van der Waals surface area contributed by atoms with Gasteiger partial charge in [-0.05, 0) is 33.4 Å². The van der Waals surface area contributed by atoms with E-state index in [-0.39, 0.29) is 5.54 Å². The van der Waals surface area contributed by atoms with Crippen molar-refractivity contribution in [2.75, 3.05) is 61.2 Å². The standard InChI is InChI=1S/C14H30N4O2/c1-15-13(16-8-5-9-19-4)17-12-14(18(2)3)6-10-20-11-7-14/h5-12H2,1-4H3,(H2,15,16,17). The molecule has 1 heterocycles. The molecule has 1 saturated heterocycles. The molecular formula is C14H30N4O2. The first-order valence-corrected chi connectivity index (χ1v) is 7.33. The number of guanidine groups is 1. The summed E-state index contributed by atoms with van der Waals surface area (Å²) in [5, 5.41) is 6.75. The fourth-order valence-electron chi connectivity index (χ4n) is 2.43. The minimum atomic E-state index is 0.155. The zero-order valence-electron chi connectivity index (χ0n) is 13.4. The van der Waals surface area contributed by atoms with Gasteiger partial charge in [0.1, 0.15) is 0 Å². The second kappa shape index (κ2) is 9.15. The predicted molar refractivity (Wildman–Crippen MR) is 82.3 cm³/mol. The normalized spacial score (nSPS) is 19.1. The van der Waals surface area contributed by atoms with E-state index in [1.54, 1.807) is 14.2 Å². The Bertz CT molecular complexity index is 289. The van der Waals surface area contributed by atoms with Crippen LogP contribution >= 0.6 is 0 Å². The van der Waals surface area contributed by atoms with Gasteiger partial charge in [-0.3, -0.25) is 4.99 Å². The van der Waals surface area contributed by atoms with E-state index >= 15 is 0 Å². The van der Waals surface area contributed by atoms with Crippen LogP contribution in [-0.4, -0.2) is 77.6 Å². The highest BCUT2D eigenvalue weighted by atomic mass is 16.5. The summed E-state index contributed by atoms with van der Waals surface area (Å²) in [6.07, 6.45) is 3.07. The van der Waals surface area contributed by atoms with E-state index < -0.39 is 0 Å². The van der Waals surface area contributed by atoms with Crippen LogP contribution in [0.5, 0.6) is 0 Å². The van der Waals surface area contributed by atoms with E-state index in [4.69, 9.17) is 9.47 Å². The quantitative estimate of drug-likeness (QED) is 0.400. The molecule has 2 N–H and O–H groups in total. The van der Waals surface area contributed by atoms with Gasteiger partial charge in [-0.2, -0.15) is 0 Å². The molecule has 0 aromatic heterocycles. The maximum absolute atomic E-state index is 5.49. The van der Waals surface area contributed by atoms with Crippen LogP contribution in [-0.2, 0) is 9.47 Å². The number of nitrogens with zero attached hydrogens (tertiary/aromatic N) is 2. The van der Waals surface area contributed by atoms with Gasteiger partial charge < -0.3 is 25.0 Å². The molecule has 0 aromatic carbocycles. The maximum Gasteiger partial charge on any atom is 0.191 e. The predicted octanol–water partition coefficient (Wildman–Crippen LogP) is 0.299. The van der Waals surface area contributed by atoms with Gasteiger partial charge in [0.15, 0.2) is 5.96 Å². The third-order valence-corrected chi connectivity index (χ3v) is 4.00. The lowest BCUT2D eigenvalue weighted by Crippen LogP contribution is -2.57. The third kappa shape index (κ3) is 5.26. The molecule has 0 atom stereocenters. The molecule has 1 aliphatic rings. The van der Waals surface area contributed by atoms with Gasteiger partial charge in [0, 0.05) is 52.6 Å². The summed E-state index contributed by atoms with van der Waals surface area (Å²) < 4.78 is 10.5. The number of methoxy groups -OCH3 is 1. The summed E-state index contributed by atoms with van der Waals surface area (Å²) in [7, 11) is 7.81. The lowest BCUT2D eigenvalue weighted by atomic mass is 9.88. The van der Waals surface area contributed by atoms with Gasteiger partial charge >= 0.3 is 0 Å². The number of rotatable bonds is 7. The molecule has 6 heteroatoms. The number of hydrogen-bond donors (Lipinski definition) is 2. The smallest absolute Gasteiger partial charge is 0.191 e. The van der Waals surface area contributed by atoms with Gasteiger partial charge in [0.2, 0.25) is 0 Å². The molecule has 0 amide bonds. The van der Waals surface area contributed by atoms with Crippen molar-refractivity contribution in [3.63, 3.8) is 0 Å². The monoisotopic (exact) mass is 286 g/mol. The van der Waals surface area contributed by atoms with Crippen molar-refractivity contribution < 1.29 is 9.47 Å². The second-order valence-corrected chi connectivity index (χ2v) is 5.43. The average Bonchev–Trinajstić information content (AvgIpc) is 2.47. The van der Waals surface area contributed by atoms with Gasteiger partial charge in [-0.15, -0.1) is 0 Å². The minimum absolute atomic E-state index is 0.155. The Hall–Kier alpha value is -0.850.